The number of nitrogens with zero attached hydrogens (tertiary/aromatic N) is 1. The topological polar surface area (TPSA) is 29.5 Å². The van der Waals surface area contributed by atoms with E-state index in [2.05, 4.69) is 37.4 Å². The molecule has 0 saturated carbocycles. The van der Waals surface area contributed by atoms with Crippen molar-refractivity contribution < 1.29 is 9.53 Å². The minimum Gasteiger partial charge on any atom is -0.448 e. The van der Waals surface area contributed by atoms with Gasteiger partial charge in [-0.3, -0.25) is 0 Å². The van der Waals surface area contributed by atoms with Crippen molar-refractivity contribution >= 4 is 6.09 Å². The lowest BCUT2D eigenvalue weighted by Crippen LogP contribution is -2.35. The molecule has 0 aliphatic heterocycles. The van der Waals surface area contributed by atoms with Crippen molar-refractivity contribution in [1.82, 2.24) is 4.90 Å². The summed E-state index contributed by atoms with van der Waals surface area (Å²) >= 11 is 0. The third-order valence-electron chi connectivity index (χ3n) is 4.52. The number of rotatable bonds is 6. The highest BCUT2D eigenvalue weighted by atomic mass is 16.6. The molecule has 26 heavy (non-hydrogen) atoms. The molecule has 1 aliphatic rings. The quantitative estimate of drug-likeness (QED) is 0.656. The molecule has 0 spiro atoms. The molecular weight excluding hydrogens is 322 g/mol. The molecule has 0 heterocycles. The van der Waals surface area contributed by atoms with Crippen molar-refractivity contribution in [3.05, 3.63) is 84.0 Å². The van der Waals surface area contributed by atoms with Gasteiger partial charge in [-0.05, 0) is 36.1 Å². The van der Waals surface area contributed by atoms with Crippen molar-refractivity contribution in [3.8, 4) is 11.1 Å². The van der Waals surface area contributed by atoms with Crippen LogP contribution in [0.4, 0.5) is 4.79 Å². The Labute approximate surface area is 155 Å². The van der Waals surface area contributed by atoms with Crippen LogP contribution in [0.15, 0.2) is 72.8 Å². The summed E-state index contributed by atoms with van der Waals surface area (Å²) in [6, 6.07) is 16.7. The third kappa shape index (κ3) is 3.72. The number of hydrogen-bond acceptors (Lipinski definition) is 2. The van der Waals surface area contributed by atoms with Gasteiger partial charge < -0.3 is 9.64 Å². The number of benzene rings is 2. The maximum Gasteiger partial charge on any atom is 0.410 e. The maximum atomic E-state index is 12.6. The zero-order valence-corrected chi connectivity index (χ0v) is 15.5. The molecule has 3 rings (SSSR count). The van der Waals surface area contributed by atoms with Crippen molar-refractivity contribution in [2.45, 2.75) is 19.8 Å². The first kappa shape index (κ1) is 18.0. The van der Waals surface area contributed by atoms with E-state index in [4.69, 9.17) is 4.74 Å². The largest absolute Gasteiger partial charge is 0.448 e. The Balaban J connectivity index is 1.77. The van der Waals surface area contributed by atoms with E-state index in [-0.39, 0.29) is 12.0 Å². The first-order chi connectivity index (χ1) is 12.5. The molecule has 3 nitrogen and oxygen atoms in total. The predicted molar refractivity (Wildman–Crippen MR) is 106 cm³/mol. The summed E-state index contributed by atoms with van der Waals surface area (Å²) in [5, 5.41) is 0. The SMILES string of the molecule is C=C(C)CN(CC(=C)C)C(=O)OCC1c2ccccc2-c2ccccc21. The van der Waals surface area contributed by atoms with Crippen LogP contribution in [0.5, 0.6) is 0 Å². The lowest BCUT2D eigenvalue weighted by Gasteiger charge is -2.23. The summed E-state index contributed by atoms with van der Waals surface area (Å²) in [4.78, 5) is 14.3. The molecule has 0 radical (unpaired) electrons. The summed E-state index contributed by atoms with van der Waals surface area (Å²) in [5.74, 6) is 0.0721. The number of ether oxygens (including phenoxy) is 1. The van der Waals surface area contributed by atoms with Crippen LogP contribution < -0.4 is 0 Å². The van der Waals surface area contributed by atoms with Gasteiger partial charge >= 0.3 is 6.09 Å². The Hall–Kier alpha value is -2.81. The van der Waals surface area contributed by atoms with Gasteiger partial charge in [0.25, 0.3) is 0 Å². The van der Waals surface area contributed by atoms with E-state index in [1.54, 1.807) is 4.90 Å². The number of hydrogen-bond donors (Lipinski definition) is 0. The summed E-state index contributed by atoms with van der Waals surface area (Å²) in [5.41, 5.74) is 6.72. The van der Waals surface area contributed by atoms with Crippen LogP contribution in [-0.2, 0) is 4.74 Å². The number of fused-ring (bicyclic) bond motifs is 3. The summed E-state index contributed by atoms with van der Waals surface area (Å²) < 4.78 is 5.71. The van der Waals surface area contributed by atoms with Gasteiger partial charge in [0.1, 0.15) is 6.61 Å². The van der Waals surface area contributed by atoms with Crippen molar-refractivity contribution in [2.24, 2.45) is 0 Å². The van der Waals surface area contributed by atoms with E-state index in [1.165, 1.54) is 22.3 Å². The first-order valence-electron chi connectivity index (χ1n) is 8.86. The van der Waals surface area contributed by atoms with Crippen LogP contribution in [0.3, 0.4) is 0 Å². The molecule has 134 valence electrons. The normalized spacial score (nSPS) is 12.2. The minimum atomic E-state index is -0.321. The zero-order chi connectivity index (χ0) is 18.7. The molecule has 2 aromatic carbocycles. The molecule has 1 aliphatic carbocycles. The molecule has 0 N–H and O–H groups in total. The Morgan fingerprint density at radius 3 is 1.85 bits per heavy atom. The highest BCUT2D eigenvalue weighted by Gasteiger charge is 2.29. The van der Waals surface area contributed by atoms with E-state index >= 15 is 0 Å². The highest BCUT2D eigenvalue weighted by Crippen LogP contribution is 2.44. The van der Waals surface area contributed by atoms with E-state index < -0.39 is 0 Å². The maximum absolute atomic E-state index is 12.6. The van der Waals surface area contributed by atoms with Gasteiger partial charge in [-0.1, -0.05) is 72.8 Å². The number of amides is 1. The van der Waals surface area contributed by atoms with E-state index in [9.17, 15) is 4.79 Å². The molecule has 0 aromatic heterocycles. The van der Waals surface area contributed by atoms with Gasteiger partial charge in [-0.25, -0.2) is 4.79 Å². The second-order valence-electron chi connectivity index (χ2n) is 7.07. The van der Waals surface area contributed by atoms with Gasteiger partial charge in [0.15, 0.2) is 0 Å². The molecule has 0 saturated heterocycles. The molecule has 0 unspecified atom stereocenters. The standard InChI is InChI=1S/C23H25NO2/c1-16(2)13-24(14-17(3)4)23(25)26-15-22-20-11-7-5-9-18(20)19-10-6-8-12-21(19)22/h5-12,22H,1,3,13-15H2,2,4H3. The smallest absolute Gasteiger partial charge is 0.410 e. The lowest BCUT2D eigenvalue weighted by atomic mass is 9.98. The van der Waals surface area contributed by atoms with Gasteiger partial charge in [0, 0.05) is 19.0 Å². The molecule has 2 aromatic rings. The Kier molecular flexibility index (Phi) is 5.27. The molecule has 0 bridgehead atoms. The van der Waals surface area contributed by atoms with E-state index in [0.29, 0.717) is 19.7 Å². The number of carbonyl (C=O) groups excluding carboxylic acids is 1. The third-order valence-corrected chi connectivity index (χ3v) is 4.52. The fourth-order valence-electron chi connectivity index (χ4n) is 3.52. The summed E-state index contributed by atoms with van der Waals surface area (Å²) in [6.45, 7) is 12.9. The lowest BCUT2D eigenvalue weighted by molar-refractivity contribution is 0.106. The monoisotopic (exact) mass is 347 g/mol. The summed E-state index contributed by atoms with van der Waals surface area (Å²) in [7, 11) is 0. The van der Waals surface area contributed by atoms with Crippen molar-refractivity contribution in [2.75, 3.05) is 19.7 Å². The second kappa shape index (κ2) is 7.61. The van der Waals surface area contributed by atoms with Crippen molar-refractivity contribution in [1.29, 1.82) is 0 Å². The van der Waals surface area contributed by atoms with E-state index in [0.717, 1.165) is 11.1 Å². The average Bonchev–Trinajstić information content (AvgIpc) is 2.92. The predicted octanol–water partition coefficient (Wildman–Crippen LogP) is 5.39. The van der Waals surface area contributed by atoms with Crippen LogP contribution in [-0.4, -0.2) is 30.7 Å². The van der Waals surface area contributed by atoms with Gasteiger partial charge in [0.2, 0.25) is 0 Å². The average molecular weight is 347 g/mol. The molecule has 0 atom stereocenters. The fourth-order valence-corrected chi connectivity index (χ4v) is 3.52. The number of carbonyl (C=O) groups is 1. The fraction of sp³-hybridized carbons (Fsp3) is 0.261. The van der Waals surface area contributed by atoms with Crippen LogP contribution in [0.1, 0.15) is 30.9 Å². The van der Waals surface area contributed by atoms with Crippen LogP contribution in [0.25, 0.3) is 11.1 Å². The highest BCUT2D eigenvalue weighted by molar-refractivity contribution is 5.79. The van der Waals surface area contributed by atoms with E-state index in [1.807, 2.05) is 38.1 Å². The minimum absolute atomic E-state index is 0.0721. The second-order valence-corrected chi connectivity index (χ2v) is 7.07. The van der Waals surface area contributed by atoms with Crippen LogP contribution in [0, 0.1) is 0 Å². The first-order valence-corrected chi connectivity index (χ1v) is 8.86. The molecular formula is C23H25NO2. The van der Waals surface area contributed by atoms with Crippen LogP contribution in [0.2, 0.25) is 0 Å². The Morgan fingerprint density at radius 2 is 1.38 bits per heavy atom. The van der Waals surface area contributed by atoms with Crippen molar-refractivity contribution in [3.63, 3.8) is 0 Å². The van der Waals surface area contributed by atoms with Gasteiger partial charge in [-0.2, -0.15) is 0 Å². The summed E-state index contributed by atoms with van der Waals surface area (Å²) in [6.07, 6.45) is -0.321. The van der Waals surface area contributed by atoms with Crippen LogP contribution >= 0.6 is 0 Å². The molecule has 1 amide bonds. The Morgan fingerprint density at radius 1 is 0.923 bits per heavy atom. The molecule has 3 heteroatoms. The Bertz CT molecular complexity index is 791. The van der Waals surface area contributed by atoms with Gasteiger partial charge in [0.05, 0.1) is 0 Å². The zero-order valence-electron chi connectivity index (χ0n) is 15.5. The van der Waals surface area contributed by atoms with Gasteiger partial charge in [-0.15, -0.1) is 0 Å². The molecule has 0 fully saturated rings.